The standard InChI is InChI=1S/C10H17NO4S/c1-2-14-9(12)7(11)4-6-16-8-3-5-15-10(8)13/h7-8H,2-6,11H2,1H3. The molecular weight excluding hydrogens is 230 g/mol. The molecule has 6 heteroatoms. The van der Waals surface area contributed by atoms with Crippen LogP contribution in [0.3, 0.4) is 0 Å². The van der Waals surface area contributed by atoms with E-state index in [0.29, 0.717) is 25.4 Å². The maximum absolute atomic E-state index is 11.2. The Labute approximate surface area is 99.0 Å². The lowest BCUT2D eigenvalue weighted by Crippen LogP contribution is -2.33. The van der Waals surface area contributed by atoms with Crippen molar-refractivity contribution >= 4 is 23.7 Å². The summed E-state index contributed by atoms with van der Waals surface area (Å²) in [4.78, 5) is 22.3. The highest BCUT2D eigenvalue weighted by atomic mass is 32.2. The van der Waals surface area contributed by atoms with Crippen LogP contribution in [0.15, 0.2) is 0 Å². The van der Waals surface area contributed by atoms with Crippen molar-refractivity contribution in [3.05, 3.63) is 0 Å². The van der Waals surface area contributed by atoms with Crippen molar-refractivity contribution in [1.29, 1.82) is 0 Å². The van der Waals surface area contributed by atoms with Crippen LogP contribution in [0.2, 0.25) is 0 Å². The fourth-order valence-electron chi connectivity index (χ4n) is 1.33. The van der Waals surface area contributed by atoms with E-state index in [0.717, 1.165) is 6.42 Å². The van der Waals surface area contributed by atoms with Crippen molar-refractivity contribution in [3.63, 3.8) is 0 Å². The minimum absolute atomic E-state index is 0.0885. The molecule has 1 aliphatic heterocycles. The number of carbonyl (C=O) groups is 2. The van der Waals surface area contributed by atoms with E-state index < -0.39 is 6.04 Å². The van der Waals surface area contributed by atoms with Gasteiger partial charge in [-0.3, -0.25) is 9.59 Å². The molecule has 1 saturated heterocycles. The number of hydrogen-bond donors (Lipinski definition) is 1. The van der Waals surface area contributed by atoms with Crippen LogP contribution in [0.5, 0.6) is 0 Å². The van der Waals surface area contributed by atoms with Crippen molar-refractivity contribution in [3.8, 4) is 0 Å². The van der Waals surface area contributed by atoms with Crippen molar-refractivity contribution in [2.45, 2.75) is 31.1 Å². The van der Waals surface area contributed by atoms with Gasteiger partial charge in [-0.15, -0.1) is 11.8 Å². The zero-order chi connectivity index (χ0) is 12.0. The van der Waals surface area contributed by atoms with Gasteiger partial charge in [0, 0.05) is 6.42 Å². The number of ether oxygens (including phenoxy) is 2. The highest BCUT2D eigenvalue weighted by molar-refractivity contribution is 8.00. The van der Waals surface area contributed by atoms with Crippen LogP contribution in [0.1, 0.15) is 19.8 Å². The molecule has 0 aromatic rings. The molecule has 1 fully saturated rings. The second kappa shape index (κ2) is 6.75. The van der Waals surface area contributed by atoms with Crippen LogP contribution in [-0.2, 0) is 19.1 Å². The Kier molecular flexibility index (Phi) is 5.62. The summed E-state index contributed by atoms with van der Waals surface area (Å²) in [6, 6.07) is -0.593. The Balaban J connectivity index is 2.14. The summed E-state index contributed by atoms with van der Waals surface area (Å²) in [6.07, 6.45) is 1.27. The molecule has 5 nitrogen and oxygen atoms in total. The molecule has 2 unspecified atom stereocenters. The average molecular weight is 247 g/mol. The summed E-state index contributed by atoms with van der Waals surface area (Å²) in [7, 11) is 0. The summed E-state index contributed by atoms with van der Waals surface area (Å²) >= 11 is 1.49. The topological polar surface area (TPSA) is 78.6 Å². The lowest BCUT2D eigenvalue weighted by molar-refractivity contribution is -0.144. The summed E-state index contributed by atoms with van der Waals surface area (Å²) in [5.74, 6) is 0.131. The van der Waals surface area contributed by atoms with E-state index in [9.17, 15) is 9.59 Å². The summed E-state index contributed by atoms with van der Waals surface area (Å²) in [5.41, 5.74) is 5.62. The fraction of sp³-hybridized carbons (Fsp3) is 0.800. The van der Waals surface area contributed by atoms with Crippen molar-refractivity contribution in [2.24, 2.45) is 5.73 Å². The molecule has 1 aliphatic rings. The van der Waals surface area contributed by atoms with Gasteiger partial charge in [0.1, 0.15) is 11.3 Å². The summed E-state index contributed by atoms with van der Waals surface area (Å²) in [5, 5.41) is -0.0885. The lowest BCUT2D eigenvalue weighted by atomic mass is 10.2. The molecule has 16 heavy (non-hydrogen) atoms. The van der Waals surface area contributed by atoms with Crippen molar-refractivity contribution in [2.75, 3.05) is 19.0 Å². The third-order valence-electron chi connectivity index (χ3n) is 2.22. The molecule has 0 aromatic heterocycles. The highest BCUT2D eigenvalue weighted by Crippen LogP contribution is 2.22. The largest absolute Gasteiger partial charge is 0.465 e. The summed E-state index contributed by atoms with van der Waals surface area (Å²) < 4.78 is 9.61. The van der Waals surface area contributed by atoms with Gasteiger partial charge in [0.15, 0.2) is 0 Å². The molecule has 0 radical (unpaired) electrons. The first kappa shape index (κ1) is 13.3. The molecule has 0 bridgehead atoms. The van der Waals surface area contributed by atoms with E-state index in [1.54, 1.807) is 6.92 Å². The Morgan fingerprint density at radius 2 is 2.50 bits per heavy atom. The molecule has 1 rings (SSSR count). The molecule has 0 saturated carbocycles. The second-order valence-electron chi connectivity index (χ2n) is 3.46. The Morgan fingerprint density at radius 1 is 1.75 bits per heavy atom. The maximum atomic E-state index is 11.2. The molecule has 92 valence electrons. The molecule has 0 amide bonds. The van der Waals surface area contributed by atoms with Crippen LogP contribution in [0.4, 0.5) is 0 Å². The molecule has 0 spiro atoms. The van der Waals surface area contributed by atoms with E-state index in [1.165, 1.54) is 11.8 Å². The molecule has 0 aromatic carbocycles. The number of esters is 2. The van der Waals surface area contributed by atoms with Gasteiger partial charge < -0.3 is 15.2 Å². The third kappa shape index (κ3) is 4.02. The van der Waals surface area contributed by atoms with E-state index in [-0.39, 0.29) is 17.2 Å². The van der Waals surface area contributed by atoms with Crippen molar-refractivity contribution < 1.29 is 19.1 Å². The van der Waals surface area contributed by atoms with E-state index in [2.05, 4.69) is 0 Å². The summed E-state index contributed by atoms with van der Waals surface area (Å²) in [6.45, 7) is 2.59. The predicted molar refractivity (Wildman–Crippen MR) is 61.0 cm³/mol. The third-order valence-corrected chi connectivity index (χ3v) is 3.53. The Bertz CT molecular complexity index is 259. The molecule has 2 N–H and O–H groups in total. The minimum atomic E-state index is -0.593. The zero-order valence-corrected chi connectivity index (χ0v) is 10.1. The smallest absolute Gasteiger partial charge is 0.322 e. The predicted octanol–water partition coefficient (Wildman–Crippen LogP) is 0.316. The number of carbonyl (C=O) groups excluding carboxylic acids is 2. The first-order chi connectivity index (χ1) is 7.65. The van der Waals surface area contributed by atoms with Gasteiger partial charge in [0.2, 0.25) is 0 Å². The van der Waals surface area contributed by atoms with Gasteiger partial charge in [-0.2, -0.15) is 0 Å². The number of cyclic esters (lactones) is 1. The molecular formula is C10H17NO4S. The SMILES string of the molecule is CCOC(=O)C(N)CCSC1CCOC1=O. The van der Waals surface area contributed by atoms with Gasteiger partial charge >= 0.3 is 11.9 Å². The van der Waals surface area contributed by atoms with Gasteiger partial charge in [0.25, 0.3) is 0 Å². The van der Waals surface area contributed by atoms with Crippen LogP contribution >= 0.6 is 11.8 Å². The van der Waals surface area contributed by atoms with Crippen LogP contribution in [-0.4, -0.2) is 42.2 Å². The molecule has 0 aliphatic carbocycles. The number of nitrogens with two attached hydrogens (primary N) is 1. The van der Waals surface area contributed by atoms with Gasteiger partial charge in [0.05, 0.1) is 13.2 Å². The van der Waals surface area contributed by atoms with Crippen molar-refractivity contribution in [1.82, 2.24) is 0 Å². The van der Waals surface area contributed by atoms with E-state index >= 15 is 0 Å². The van der Waals surface area contributed by atoms with Crippen LogP contribution in [0, 0.1) is 0 Å². The Morgan fingerprint density at radius 3 is 3.06 bits per heavy atom. The fourth-order valence-corrected chi connectivity index (χ4v) is 2.47. The van der Waals surface area contributed by atoms with Crippen LogP contribution < -0.4 is 5.73 Å². The zero-order valence-electron chi connectivity index (χ0n) is 9.31. The average Bonchev–Trinajstić information content (AvgIpc) is 2.65. The van der Waals surface area contributed by atoms with Crippen LogP contribution in [0.25, 0.3) is 0 Å². The normalized spacial score (nSPS) is 21.6. The number of rotatable bonds is 6. The van der Waals surface area contributed by atoms with Gasteiger partial charge in [-0.25, -0.2) is 0 Å². The number of thioether (sulfide) groups is 1. The quantitative estimate of drug-likeness (QED) is 0.681. The minimum Gasteiger partial charge on any atom is -0.465 e. The van der Waals surface area contributed by atoms with Gasteiger partial charge in [-0.05, 0) is 19.1 Å². The molecule has 2 atom stereocenters. The van der Waals surface area contributed by atoms with E-state index in [1.807, 2.05) is 0 Å². The van der Waals surface area contributed by atoms with Gasteiger partial charge in [-0.1, -0.05) is 0 Å². The van der Waals surface area contributed by atoms with E-state index in [4.69, 9.17) is 15.2 Å². The molecule has 1 heterocycles. The number of hydrogen-bond acceptors (Lipinski definition) is 6. The lowest BCUT2D eigenvalue weighted by Gasteiger charge is -2.11. The monoisotopic (exact) mass is 247 g/mol. The maximum Gasteiger partial charge on any atom is 0.322 e. The Hall–Kier alpha value is -0.750. The first-order valence-electron chi connectivity index (χ1n) is 5.35. The first-order valence-corrected chi connectivity index (χ1v) is 6.40. The highest BCUT2D eigenvalue weighted by Gasteiger charge is 2.27. The second-order valence-corrected chi connectivity index (χ2v) is 4.77.